The van der Waals surface area contributed by atoms with Gasteiger partial charge in [0.15, 0.2) is 5.82 Å². The minimum atomic E-state index is -2.64. The van der Waals surface area contributed by atoms with Crippen molar-refractivity contribution in [3.63, 3.8) is 0 Å². The fourth-order valence-electron chi connectivity index (χ4n) is 2.57. The number of hydrogen-bond donors (Lipinski definition) is 2. The maximum absolute atomic E-state index is 13.4. The molecular formula is C15H20F2N6O. The van der Waals surface area contributed by atoms with E-state index in [0.29, 0.717) is 23.0 Å². The van der Waals surface area contributed by atoms with Gasteiger partial charge in [0.05, 0.1) is 6.20 Å². The molecule has 1 saturated heterocycles. The Morgan fingerprint density at radius 3 is 2.50 bits per heavy atom. The summed E-state index contributed by atoms with van der Waals surface area (Å²) in [5, 5.41) is 18.0. The summed E-state index contributed by atoms with van der Waals surface area (Å²) >= 11 is 0. The molecule has 0 aliphatic carbocycles. The average molecular weight is 338 g/mol. The lowest BCUT2D eigenvalue weighted by Gasteiger charge is -2.33. The van der Waals surface area contributed by atoms with Crippen LogP contribution in [0.2, 0.25) is 0 Å². The number of alkyl halides is 2. The highest BCUT2D eigenvalue weighted by Gasteiger charge is 2.35. The molecule has 3 N–H and O–H groups in total. The molecule has 24 heavy (non-hydrogen) atoms. The lowest BCUT2D eigenvalue weighted by atomic mass is 10.1. The van der Waals surface area contributed by atoms with Crippen molar-refractivity contribution < 1.29 is 13.9 Å². The third-order valence-electron chi connectivity index (χ3n) is 4.04. The standard InChI is InChI=1S/C15H20F2N6O/c1-14(2,24)11-9-23(21-20-11)10-3-4-12(18)19-13(10)22-7-5-15(16,17)6-8-22/h3-4,9,24H,5-8H2,1-2H3,(H2,18,19). The van der Waals surface area contributed by atoms with Gasteiger partial charge in [0, 0.05) is 25.9 Å². The van der Waals surface area contributed by atoms with Crippen LogP contribution in [0.1, 0.15) is 32.4 Å². The Morgan fingerprint density at radius 1 is 1.25 bits per heavy atom. The quantitative estimate of drug-likeness (QED) is 0.885. The smallest absolute Gasteiger partial charge is 0.251 e. The zero-order chi connectivity index (χ0) is 17.5. The Balaban J connectivity index is 1.96. The number of pyridine rings is 1. The van der Waals surface area contributed by atoms with Crippen molar-refractivity contribution in [1.82, 2.24) is 20.0 Å². The summed E-state index contributed by atoms with van der Waals surface area (Å²) in [5.74, 6) is -1.86. The molecule has 0 radical (unpaired) electrons. The zero-order valence-corrected chi connectivity index (χ0v) is 13.6. The molecule has 1 fully saturated rings. The maximum Gasteiger partial charge on any atom is 0.251 e. The first-order valence-electron chi connectivity index (χ1n) is 7.71. The van der Waals surface area contributed by atoms with Crippen LogP contribution in [0, 0.1) is 0 Å². The van der Waals surface area contributed by atoms with E-state index in [-0.39, 0.29) is 25.9 Å². The third-order valence-corrected chi connectivity index (χ3v) is 4.04. The van der Waals surface area contributed by atoms with E-state index < -0.39 is 11.5 Å². The van der Waals surface area contributed by atoms with Crippen molar-refractivity contribution in [1.29, 1.82) is 0 Å². The largest absolute Gasteiger partial charge is 0.384 e. The second-order valence-corrected chi connectivity index (χ2v) is 6.53. The number of piperidine rings is 1. The van der Waals surface area contributed by atoms with Crippen LogP contribution in [0.15, 0.2) is 18.3 Å². The number of nitrogens with two attached hydrogens (primary N) is 1. The van der Waals surface area contributed by atoms with E-state index in [0.717, 1.165) is 0 Å². The van der Waals surface area contributed by atoms with Crippen molar-refractivity contribution in [3.8, 4) is 5.69 Å². The van der Waals surface area contributed by atoms with Gasteiger partial charge < -0.3 is 15.7 Å². The molecule has 3 rings (SSSR count). The van der Waals surface area contributed by atoms with Crippen LogP contribution >= 0.6 is 0 Å². The van der Waals surface area contributed by atoms with E-state index in [1.807, 2.05) is 0 Å². The van der Waals surface area contributed by atoms with Crippen LogP contribution < -0.4 is 10.6 Å². The first-order valence-corrected chi connectivity index (χ1v) is 7.71. The van der Waals surface area contributed by atoms with Gasteiger partial charge in [-0.15, -0.1) is 5.10 Å². The van der Waals surface area contributed by atoms with Crippen LogP contribution in [0.25, 0.3) is 5.69 Å². The number of aromatic nitrogens is 4. The summed E-state index contributed by atoms with van der Waals surface area (Å²) < 4.78 is 28.3. The summed E-state index contributed by atoms with van der Waals surface area (Å²) in [4.78, 5) is 6.07. The molecular weight excluding hydrogens is 318 g/mol. The molecule has 0 aromatic carbocycles. The first-order chi connectivity index (χ1) is 11.2. The molecule has 0 saturated carbocycles. The number of aliphatic hydroxyl groups is 1. The molecule has 1 aliphatic rings. The van der Waals surface area contributed by atoms with Crippen LogP contribution in [0.3, 0.4) is 0 Å². The molecule has 1 aliphatic heterocycles. The molecule has 0 atom stereocenters. The van der Waals surface area contributed by atoms with Gasteiger partial charge >= 0.3 is 0 Å². The van der Waals surface area contributed by atoms with Crippen molar-refractivity contribution >= 4 is 11.6 Å². The van der Waals surface area contributed by atoms with Gasteiger partial charge in [-0.05, 0) is 26.0 Å². The molecule has 9 heteroatoms. The Kier molecular flexibility index (Phi) is 3.90. The summed E-state index contributed by atoms with van der Waals surface area (Å²) in [6.07, 6.45) is 1.14. The van der Waals surface area contributed by atoms with Gasteiger partial charge in [-0.3, -0.25) is 0 Å². The average Bonchev–Trinajstić information content (AvgIpc) is 2.97. The van der Waals surface area contributed by atoms with Gasteiger partial charge in [0.1, 0.15) is 22.8 Å². The van der Waals surface area contributed by atoms with Gasteiger partial charge in [0.2, 0.25) is 0 Å². The SMILES string of the molecule is CC(C)(O)c1cn(-c2ccc(N)nc2N2CCC(F)(F)CC2)nn1. The Labute approximate surface area is 138 Å². The van der Waals surface area contributed by atoms with E-state index in [1.165, 1.54) is 4.68 Å². The lowest BCUT2D eigenvalue weighted by Crippen LogP contribution is -2.40. The second kappa shape index (κ2) is 5.66. The molecule has 0 unspecified atom stereocenters. The normalized spacial score (nSPS) is 18.0. The molecule has 3 heterocycles. The molecule has 0 amide bonds. The van der Waals surface area contributed by atoms with Crippen LogP contribution in [-0.2, 0) is 5.60 Å². The fourth-order valence-corrected chi connectivity index (χ4v) is 2.57. The summed E-state index contributed by atoms with van der Waals surface area (Å²) in [6, 6.07) is 3.33. The van der Waals surface area contributed by atoms with Crippen LogP contribution in [0.5, 0.6) is 0 Å². The molecule has 2 aromatic rings. The number of nitrogens with zero attached hydrogens (tertiary/aromatic N) is 5. The Bertz CT molecular complexity index is 730. The van der Waals surface area contributed by atoms with Crippen molar-refractivity contribution in [2.24, 2.45) is 0 Å². The molecule has 2 aromatic heterocycles. The van der Waals surface area contributed by atoms with Crippen molar-refractivity contribution in [2.45, 2.75) is 38.2 Å². The highest BCUT2D eigenvalue weighted by Crippen LogP contribution is 2.32. The monoisotopic (exact) mass is 338 g/mol. The zero-order valence-electron chi connectivity index (χ0n) is 13.6. The number of halogens is 2. The van der Waals surface area contributed by atoms with E-state index >= 15 is 0 Å². The minimum Gasteiger partial charge on any atom is -0.384 e. The second-order valence-electron chi connectivity index (χ2n) is 6.53. The summed E-state index contributed by atoms with van der Waals surface area (Å²) in [5.41, 5.74) is 5.62. The molecule has 7 nitrogen and oxygen atoms in total. The van der Waals surface area contributed by atoms with Crippen molar-refractivity contribution in [2.75, 3.05) is 23.7 Å². The van der Waals surface area contributed by atoms with E-state index in [4.69, 9.17) is 5.73 Å². The summed E-state index contributed by atoms with van der Waals surface area (Å²) in [7, 11) is 0. The van der Waals surface area contributed by atoms with Crippen LogP contribution in [-0.4, -0.2) is 44.1 Å². The van der Waals surface area contributed by atoms with E-state index in [9.17, 15) is 13.9 Å². The lowest BCUT2D eigenvalue weighted by molar-refractivity contribution is -0.0221. The number of anilines is 2. The van der Waals surface area contributed by atoms with Crippen LogP contribution in [0.4, 0.5) is 20.4 Å². The highest BCUT2D eigenvalue weighted by molar-refractivity contribution is 5.60. The summed E-state index contributed by atoms with van der Waals surface area (Å²) in [6.45, 7) is 3.58. The third kappa shape index (κ3) is 3.30. The predicted molar refractivity (Wildman–Crippen MR) is 85.2 cm³/mol. The first kappa shape index (κ1) is 16.6. The van der Waals surface area contributed by atoms with Gasteiger partial charge in [-0.1, -0.05) is 5.21 Å². The van der Waals surface area contributed by atoms with Crippen molar-refractivity contribution in [3.05, 3.63) is 24.0 Å². The van der Waals surface area contributed by atoms with Gasteiger partial charge in [0.25, 0.3) is 5.92 Å². The maximum atomic E-state index is 13.4. The predicted octanol–water partition coefficient (Wildman–Crippen LogP) is 1.71. The number of nitrogen functional groups attached to an aromatic ring is 1. The fraction of sp³-hybridized carbons (Fsp3) is 0.533. The molecule has 0 bridgehead atoms. The van der Waals surface area contributed by atoms with E-state index in [2.05, 4.69) is 15.3 Å². The number of hydrogen-bond acceptors (Lipinski definition) is 6. The Hall–Kier alpha value is -2.29. The highest BCUT2D eigenvalue weighted by atomic mass is 19.3. The van der Waals surface area contributed by atoms with E-state index in [1.54, 1.807) is 37.1 Å². The number of rotatable bonds is 3. The topological polar surface area (TPSA) is 93.1 Å². The van der Waals surface area contributed by atoms with Gasteiger partial charge in [-0.25, -0.2) is 18.4 Å². The minimum absolute atomic E-state index is 0.184. The molecule has 130 valence electrons. The Morgan fingerprint density at radius 2 is 1.92 bits per heavy atom. The van der Waals surface area contributed by atoms with Gasteiger partial charge in [-0.2, -0.15) is 0 Å². The molecule has 0 spiro atoms.